The molecular formula is C12H11NO2S. The second-order valence-electron chi connectivity index (χ2n) is 2.70. The van der Waals surface area contributed by atoms with Crippen molar-refractivity contribution >= 4 is 11.8 Å². The molecule has 0 aliphatic heterocycles. The Morgan fingerprint density at radius 3 is 2.50 bits per heavy atom. The Hall–Kier alpha value is -1.78. The van der Waals surface area contributed by atoms with E-state index in [1.54, 1.807) is 7.11 Å². The zero-order valence-corrected chi connectivity index (χ0v) is 9.71. The molecule has 82 valence electrons. The smallest absolute Gasteiger partial charge is 0.149 e. The highest BCUT2D eigenvalue weighted by atomic mass is 32.2. The van der Waals surface area contributed by atoms with Crippen LogP contribution in [0.2, 0.25) is 0 Å². The van der Waals surface area contributed by atoms with Crippen molar-refractivity contribution in [2.24, 2.45) is 0 Å². The van der Waals surface area contributed by atoms with Crippen LogP contribution in [-0.2, 0) is 0 Å². The summed E-state index contributed by atoms with van der Waals surface area (Å²) in [6, 6.07) is 7.30. The predicted molar refractivity (Wildman–Crippen MR) is 64.3 cm³/mol. The van der Waals surface area contributed by atoms with Crippen LogP contribution >= 0.6 is 11.8 Å². The fourth-order valence-corrected chi connectivity index (χ4v) is 1.20. The van der Waals surface area contributed by atoms with Crippen LogP contribution in [0.15, 0.2) is 24.3 Å². The van der Waals surface area contributed by atoms with Gasteiger partial charge in [0.05, 0.1) is 12.9 Å². The van der Waals surface area contributed by atoms with Crippen LogP contribution in [0.1, 0.15) is 0 Å². The molecule has 0 heterocycles. The molecule has 1 rings (SSSR count). The minimum Gasteiger partial charge on any atom is -0.497 e. The van der Waals surface area contributed by atoms with Crippen LogP contribution < -0.4 is 9.47 Å². The Balaban J connectivity index is 2.31. The lowest BCUT2D eigenvalue weighted by molar-refractivity contribution is 0.368. The molecular weight excluding hydrogens is 222 g/mol. The molecule has 0 aliphatic rings. The number of thiocyanates is 1. The Morgan fingerprint density at radius 1 is 1.19 bits per heavy atom. The molecule has 0 saturated carbocycles. The van der Waals surface area contributed by atoms with Crippen molar-refractivity contribution in [3.63, 3.8) is 0 Å². The number of thioether (sulfide) groups is 1. The lowest BCUT2D eigenvalue weighted by Crippen LogP contribution is -1.93. The first-order valence-corrected chi connectivity index (χ1v) is 5.59. The van der Waals surface area contributed by atoms with E-state index in [-0.39, 0.29) is 0 Å². The first-order chi connectivity index (χ1) is 7.86. The van der Waals surface area contributed by atoms with Gasteiger partial charge in [-0.2, -0.15) is 5.26 Å². The van der Waals surface area contributed by atoms with Gasteiger partial charge in [-0.1, -0.05) is 11.8 Å². The van der Waals surface area contributed by atoms with Crippen molar-refractivity contribution in [1.82, 2.24) is 0 Å². The third kappa shape index (κ3) is 4.63. The maximum absolute atomic E-state index is 8.25. The van der Waals surface area contributed by atoms with E-state index in [4.69, 9.17) is 14.7 Å². The third-order valence-corrected chi connectivity index (χ3v) is 2.12. The van der Waals surface area contributed by atoms with Crippen molar-refractivity contribution < 1.29 is 9.47 Å². The zero-order valence-electron chi connectivity index (χ0n) is 8.90. The van der Waals surface area contributed by atoms with Gasteiger partial charge in [0.25, 0.3) is 0 Å². The summed E-state index contributed by atoms with van der Waals surface area (Å²) >= 11 is 1.12. The Bertz CT molecular complexity index is 411. The van der Waals surface area contributed by atoms with Gasteiger partial charge >= 0.3 is 0 Å². The first-order valence-electron chi connectivity index (χ1n) is 4.60. The molecule has 0 unspecified atom stereocenters. The standard InChI is InChI=1S/C12H11NO2S/c1-14-11-4-6-12(7-5-11)15-8-2-3-9-16-10-13/h4-7H,8-9H2,1H3. The van der Waals surface area contributed by atoms with Crippen molar-refractivity contribution in [1.29, 1.82) is 5.26 Å². The van der Waals surface area contributed by atoms with Crippen molar-refractivity contribution in [2.45, 2.75) is 0 Å². The molecule has 0 spiro atoms. The van der Waals surface area contributed by atoms with E-state index in [0.717, 1.165) is 23.3 Å². The topological polar surface area (TPSA) is 42.2 Å². The molecule has 0 bridgehead atoms. The number of nitriles is 1. The van der Waals surface area contributed by atoms with Crippen molar-refractivity contribution in [3.8, 4) is 28.7 Å². The lowest BCUT2D eigenvalue weighted by atomic mass is 10.3. The van der Waals surface area contributed by atoms with E-state index in [1.165, 1.54) is 0 Å². The van der Waals surface area contributed by atoms with Crippen LogP contribution in [0, 0.1) is 22.5 Å². The number of ether oxygens (including phenoxy) is 2. The predicted octanol–water partition coefficient (Wildman–Crippen LogP) is 2.29. The molecule has 0 N–H and O–H groups in total. The monoisotopic (exact) mass is 233 g/mol. The van der Waals surface area contributed by atoms with Crippen LogP contribution in [0.3, 0.4) is 0 Å². The number of nitrogens with zero attached hydrogens (tertiary/aromatic N) is 1. The number of rotatable bonds is 4. The summed E-state index contributed by atoms with van der Waals surface area (Å²) in [5.74, 6) is 7.71. The van der Waals surface area contributed by atoms with Crippen LogP contribution in [-0.4, -0.2) is 19.5 Å². The number of methoxy groups -OCH3 is 1. The highest BCUT2D eigenvalue weighted by molar-refractivity contribution is 8.03. The Labute approximate surface area is 99.4 Å². The maximum Gasteiger partial charge on any atom is 0.149 e. The van der Waals surface area contributed by atoms with Gasteiger partial charge in [0, 0.05) is 0 Å². The maximum atomic E-state index is 8.25. The van der Waals surface area contributed by atoms with Crippen molar-refractivity contribution in [3.05, 3.63) is 24.3 Å². The van der Waals surface area contributed by atoms with E-state index < -0.39 is 0 Å². The molecule has 0 atom stereocenters. The quantitative estimate of drug-likeness (QED) is 0.454. The van der Waals surface area contributed by atoms with E-state index in [9.17, 15) is 0 Å². The highest BCUT2D eigenvalue weighted by Gasteiger charge is 1.92. The molecule has 0 amide bonds. The number of benzene rings is 1. The second-order valence-corrected chi connectivity index (χ2v) is 3.46. The molecule has 0 fully saturated rings. The number of hydrogen-bond acceptors (Lipinski definition) is 4. The van der Waals surface area contributed by atoms with Gasteiger partial charge < -0.3 is 9.47 Å². The molecule has 1 aromatic carbocycles. The summed E-state index contributed by atoms with van der Waals surface area (Å²) in [6.45, 7) is 0.332. The van der Waals surface area contributed by atoms with Gasteiger partial charge in [-0.15, -0.1) is 0 Å². The molecule has 3 nitrogen and oxygen atoms in total. The van der Waals surface area contributed by atoms with Crippen LogP contribution in [0.5, 0.6) is 11.5 Å². The van der Waals surface area contributed by atoms with Gasteiger partial charge in [-0.3, -0.25) is 0 Å². The summed E-state index contributed by atoms with van der Waals surface area (Å²) in [7, 11) is 1.62. The summed E-state index contributed by atoms with van der Waals surface area (Å²) in [5.41, 5.74) is 0. The molecule has 0 aliphatic carbocycles. The fourth-order valence-electron chi connectivity index (χ4n) is 0.962. The fraction of sp³-hybridized carbons (Fsp3) is 0.250. The molecule has 1 aromatic rings. The first kappa shape index (κ1) is 12.3. The SMILES string of the molecule is COc1ccc(OCC#CCSC#N)cc1. The van der Waals surface area contributed by atoms with Gasteiger partial charge in [-0.25, -0.2) is 0 Å². The summed E-state index contributed by atoms with van der Waals surface area (Å²) in [5, 5.41) is 10.2. The van der Waals surface area contributed by atoms with E-state index in [1.807, 2.05) is 29.7 Å². The van der Waals surface area contributed by atoms with Crippen LogP contribution in [0.25, 0.3) is 0 Å². The highest BCUT2D eigenvalue weighted by Crippen LogP contribution is 2.16. The average Bonchev–Trinajstić information content (AvgIpc) is 2.34. The average molecular weight is 233 g/mol. The van der Waals surface area contributed by atoms with Gasteiger partial charge in [0.2, 0.25) is 0 Å². The summed E-state index contributed by atoms with van der Waals surface area (Å²) in [6.07, 6.45) is 0. The normalized spacial score (nSPS) is 8.50. The third-order valence-electron chi connectivity index (χ3n) is 1.70. The summed E-state index contributed by atoms with van der Waals surface area (Å²) < 4.78 is 10.4. The lowest BCUT2D eigenvalue weighted by Gasteiger charge is -2.03. The Morgan fingerprint density at radius 2 is 1.88 bits per heavy atom. The van der Waals surface area contributed by atoms with Crippen LogP contribution in [0.4, 0.5) is 0 Å². The number of hydrogen-bond donors (Lipinski definition) is 0. The van der Waals surface area contributed by atoms with Gasteiger partial charge in [-0.05, 0) is 36.0 Å². The zero-order chi connectivity index (χ0) is 11.6. The minimum atomic E-state index is 0.332. The van der Waals surface area contributed by atoms with E-state index >= 15 is 0 Å². The molecule has 0 saturated heterocycles. The molecule has 0 aromatic heterocycles. The minimum absolute atomic E-state index is 0.332. The summed E-state index contributed by atoms with van der Waals surface area (Å²) in [4.78, 5) is 0. The molecule has 4 heteroatoms. The Kier molecular flexibility index (Phi) is 5.76. The van der Waals surface area contributed by atoms with Crippen molar-refractivity contribution in [2.75, 3.05) is 19.5 Å². The molecule has 16 heavy (non-hydrogen) atoms. The molecule has 0 radical (unpaired) electrons. The van der Waals surface area contributed by atoms with Gasteiger partial charge in [0.1, 0.15) is 23.5 Å². The van der Waals surface area contributed by atoms with Gasteiger partial charge in [0.15, 0.2) is 0 Å². The van der Waals surface area contributed by atoms with E-state index in [0.29, 0.717) is 12.4 Å². The largest absolute Gasteiger partial charge is 0.497 e. The second kappa shape index (κ2) is 7.50. The van der Waals surface area contributed by atoms with E-state index in [2.05, 4.69) is 11.8 Å².